The second-order valence-electron chi connectivity index (χ2n) is 11.5. The van der Waals surface area contributed by atoms with E-state index in [2.05, 4.69) is 17.9 Å². The SMILES string of the molecule is C=CCCC1CCC(c2cc(F)c(C(F)(F)Oc3ccc(-c4ccc(-c5cc(F)c(C=C)c(F)c5)c(F)c4)c(F)c3)c(F)c2)CC1. The fraction of sp³-hybridized carbons (Fsp3) is 0.243. The van der Waals surface area contributed by atoms with E-state index in [0.717, 1.165) is 74.2 Å². The number of hydrogen-bond acceptors (Lipinski definition) is 1. The lowest BCUT2D eigenvalue weighted by Crippen LogP contribution is -2.25. The maximum absolute atomic E-state index is 15.1. The molecular formula is C37H30F8O. The topological polar surface area (TPSA) is 9.23 Å². The molecule has 0 saturated heterocycles. The van der Waals surface area contributed by atoms with Crippen LogP contribution in [0, 0.1) is 40.8 Å². The highest BCUT2D eigenvalue weighted by Gasteiger charge is 2.42. The average Bonchev–Trinajstić information content (AvgIpc) is 2.99. The van der Waals surface area contributed by atoms with Gasteiger partial charge in [0.2, 0.25) is 0 Å². The third-order valence-corrected chi connectivity index (χ3v) is 8.51. The molecule has 46 heavy (non-hydrogen) atoms. The minimum absolute atomic E-state index is 0.0110. The molecule has 0 aliphatic heterocycles. The summed E-state index contributed by atoms with van der Waals surface area (Å²) in [7, 11) is 0. The highest BCUT2D eigenvalue weighted by Crippen LogP contribution is 2.41. The minimum atomic E-state index is -4.48. The zero-order valence-corrected chi connectivity index (χ0v) is 24.7. The molecule has 1 saturated carbocycles. The molecule has 0 spiro atoms. The molecule has 240 valence electrons. The van der Waals surface area contributed by atoms with Gasteiger partial charge in [-0.2, -0.15) is 8.78 Å². The van der Waals surface area contributed by atoms with Gasteiger partial charge < -0.3 is 4.74 Å². The van der Waals surface area contributed by atoms with Crippen molar-refractivity contribution in [2.24, 2.45) is 5.92 Å². The van der Waals surface area contributed by atoms with Gasteiger partial charge in [-0.15, -0.1) is 6.58 Å². The lowest BCUT2D eigenvalue weighted by atomic mass is 9.77. The average molecular weight is 643 g/mol. The van der Waals surface area contributed by atoms with Crippen molar-refractivity contribution in [1.29, 1.82) is 0 Å². The number of benzene rings is 4. The van der Waals surface area contributed by atoms with E-state index < -0.39 is 52.3 Å². The zero-order chi connectivity index (χ0) is 33.2. The highest BCUT2D eigenvalue weighted by molar-refractivity contribution is 5.72. The molecule has 5 rings (SSSR count). The Morgan fingerprint density at radius 2 is 1.24 bits per heavy atom. The number of halogens is 8. The molecule has 9 heteroatoms. The van der Waals surface area contributed by atoms with E-state index in [-0.39, 0.29) is 33.7 Å². The molecule has 0 bridgehead atoms. The molecule has 0 amide bonds. The standard InChI is InChI=1S/C37H30F8O/c1-3-5-6-21-7-9-22(10-8-21)24-16-34(42)36(35(43)17-24)37(44,45)46-26-12-14-28(33(41)20-26)23-11-13-29(32(40)15-23)25-18-30(38)27(4-2)31(39)19-25/h3-4,11-22H,1-2,5-10H2. The van der Waals surface area contributed by atoms with Gasteiger partial charge in [0.05, 0.1) is 0 Å². The summed E-state index contributed by atoms with van der Waals surface area (Å²) in [5.41, 5.74) is -2.14. The highest BCUT2D eigenvalue weighted by atomic mass is 19.3. The van der Waals surface area contributed by atoms with E-state index in [0.29, 0.717) is 30.4 Å². The van der Waals surface area contributed by atoms with Crippen LogP contribution in [0.5, 0.6) is 5.75 Å². The minimum Gasteiger partial charge on any atom is -0.429 e. The predicted octanol–water partition coefficient (Wildman–Crippen LogP) is 11.9. The molecule has 0 aromatic heterocycles. The molecule has 0 unspecified atom stereocenters. The van der Waals surface area contributed by atoms with Crippen molar-refractivity contribution in [2.75, 3.05) is 0 Å². The van der Waals surface area contributed by atoms with Crippen LogP contribution in [0.3, 0.4) is 0 Å². The molecule has 1 aliphatic rings. The van der Waals surface area contributed by atoms with Gasteiger partial charge in [0.15, 0.2) is 0 Å². The van der Waals surface area contributed by atoms with E-state index in [9.17, 15) is 22.0 Å². The van der Waals surface area contributed by atoms with Gasteiger partial charge in [-0.25, -0.2) is 26.3 Å². The zero-order valence-electron chi connectivity index (χ0n) is 24.7. The maximum Gasteiger partial charge on any atom is 0.432 e. The lowest BCUT2D eigenvalue weighted by Gasteiger charge is -2.29. The first-order chi connectivity index (χ1) is 21.9. The van der Waals surface area contributed by atoms with Crippen LogP contribution in [0.4, 0.5) is 35.1 Å². The lowest BCUT2D eigenvalue weighted by molar-refractivity contribution is -0.189. The largest absolute Gasteiger partial charge is 0.432 e. The Morgan fingerprint density at radius 1 is 0.674 bits per heavy atom. The van der Waals surface area contributed by atoms with Gasteiger partial charge in [0.1, 0.15) is 46.2 Å². The second-order valence-corrected chi connectivity index (χ2v) is 11.5. The quantitative estimate of drug-likeness (QED) is 0.124. The fourth-order valence-corrected chi connectivity index (χ4v) is 6.09. The van der Waals surface area contributed by atoms with Crippen molar-refractivity contribution in [3.8, 4) is 28.0 Å². The predicted molar refractivity (Wildman–Crippen MR) is 162 cm³/mol. The molecule has 1 fully saturated rings. The summed E-state index contributed by atoms with van der Waals surface area (Å²) in [5, 5.41) is 0. The van der Waals surface area contributed by atoms with E-state index in [1.807, 2.05) is 6.08 Å². The first kappa shape index (κ1) is 33.0. The van der Waals surface area contributed by atoms with Gasteiger partial charge in [0, 0.05) is 22.8 Å². The summed E-state index contributed by atoms with van der Waals surface area (Å²) in [6, 6.07) is 9.63. The summed E-state index contributed by atoms with van der Waals surface area (Å²) in [4.78, 5) is 0. The van der Waals surface area contributed by atoms with Gasteiger partial charge >= 0.3 is 6.11 Å². The number of rotatable bonds is 10. The van der Waals surface area contributed by atoms with Crippen LogP contribution in [0.2, 0.25) is 0 Å². The first-order valence-corrected chi connectivity index (χ1v) is 14.8. The van der Waals surface area contributed by atoms with Crippen LogP contribution >= 0.6 is 0 Å². The number of allylic oxidation sites excluding steroid dienone is 1. The van der Waals surface area contributed by atoms with Gasteiger partial charge in [-0.1, -0.05) is 30.9 Å². The second kappa shape index (κ2) is 13.5. The summed E-state index contributed by atoms with van der Waals surface area (Å²) in [6.07, 6.45) is 3.33. The first-order valence-electron chi connectivity index (χ1n) is 14.8. The third kappa shape index (κ3) is 6.88. The summed E-state index contributed by atoms with van der Waals surface area (Å²) in [6.45, 7) is 7.05. The molecule has 0 N–H and O–H groups in total. The third-order valence-electron chi connectivity index (χ3n) is 8.51. The number of alkyl halides is 2. The van der Waals surface area contributed by atoms with Crippen molar-refractivity contribution in [2.45, 2.75) is 50.6 Å². The number of hydrogen-bond donors (Lipinski definition) is 0. The van der Waals surface area contributed by atoms with Crippen molar-refractivity contribution < 1.29 is 39.9 Å². The Hall–Kier alpha value is -4.40. The van der Waals surface area contributed by atoms with E-state index in [4.69, 9.17) is 0 Å². The normalized spacial score (nSPS) is 16.7. The van der Waals surface area contributed by atoms with Gasteiger partial charge in [-0.05, 0) is 110 Å². The van der Waals surface area contributed by atoms with Crippen LogP contribution in [0.15, 0.2) is 79.9 Å². The Morgan fingerprint density at radius 3 is 1.80 bits per heavy atom. The van der Waals surface area contributed by atoms with Crippen LogP contribution in [0.1, 0.15) is 61.1 Å². The summed E-state index contributed by atoms with van der Waals surface area (Å²) < 4.78 is 123. The van der Waals surface area contributed by atoms with Crippen molar-refractivity contribution >= 4 is 6.08 Å². The van der Waals surface area contributed by atoms with Crippen molar-refractivity contribution in [1.82, 2.24) is 0 Å². The van der Waals surface area contributed by atoms with E-state index >= 15 is 13.2 Å². The summed E-state index contributed by atoms with van der Waals surface area (Å²) in [5.74, 6) is -7.24. The Kier molecular flexibility index (Phi) is 9.70. The fourth-order valence-electron chi connectivity index (χ4n) is 6.09. The Bertz CT molecular complexity index is 1730. The molecule has 0 radical (unpaired) electrons. The molecule has 1 nitrogen and oxygen atoms in total. The molecule has 4 aromatic rings. The van der Waals surface area contributed by atoms with Gasteiger partial charge in [0.25, 0.3) is 0 Å². The maximum atomic E-state index is 15.1. The smallest absolute Gasteiger partial charge is 0.429 e. The molecule has 4 aromatic carbocycles. The van der Waals surface area contributed by atoms with E-state index in [1.54, 1.807) is 0 Å². The van der Waals surface area contributed by atoms with Crippen LogP contribution in [0.25, 0.3) is 28.3 Å². The van der Waals surface area contributed by atoms with Crippen LogP contribution in [-0.4, -0.2) is 0 Å². The number of ether oxygens (including phenoxy) is 1. The Balaban J connectivity index is 1.33. The summed E-state index contributed by atoms with van der Waals surface area (Å²) >= 11 is 0. The van der Waals surface area contributed by atoms with Crippen LogP contribution in [-0.2, 0) is 6.11 Å². The van der Waals surface area contributed by atoms with Gasteiger partial charge in [-0.3, -0.25) is 0 Å². The molecule has 0 atom stereocenters. The van der Waals surface area contributed by atoms with Crippen LogP contribution < -0.4 is 4.74 Å². The van der Waals surface area contributed by atoms with E-state index in [1.165, 1.54) is 12.1 Å². The molecular weight excluding hydrogens is 612 g/mol. The monoisotopic (exact) mass is 642 g/mol. The molecule has 1 aliphatic carbocycles. The Labute approximate surface area is 261 Å². The molecule has 0 heterocycles. The van der Waals surface area contributed by atoms with Crippen molar-refractivity contribution in [3.63, 3.8) is 0 Å². The van der Waals surface area contributed by atoms with Crippen molar-refractivity contribution in [3.05, 3.63) is 131 Å².